The van der Waals surface area contributed by atoms with Crippen molar-refractivity contribution in [1.82, 2.24) is 4.72 Å². The third-order valence-corrected chi connectivity index (χ3v) is 4.89. The fourth-order valence-electron chi connectivity index (χ4n) is 2.23. The van der Waals surface area contributed by atoms with E-state index in [0.29, 0.717) is 12.5 Å². The molecule has 0 aromatic heterocycles. The molecular weight excluding hydrogens is 288 g/mol. The van der Waals surface area contributed by atoms with Crippen LogP contribution in [0.1, 0.15) is 33.1 Å². The number of aliphatic hydroxyl groups excluding tert-OH is 1. The Hall–Kier alpha value is -1.11. The number of anilines is 1. The van der Waals surface area contributed by atoms with Crippen LogP contribution in [0, 0.1) is 5.92 Å². The third kappa shape index (κ3) is 6.03. The monoisotopic (exact) mass is 314 g/mol. The second kappa shape index (κ2) is 9.02. The molecule has 0 saturated carbocycles. The average Bonchev–Trinajstić information content (AvgIpc) is 2.46. The molecule has 0 fully saturated rings. The molecule has 0 radical (unpaired) electrons. The molecule has 1 aromatic carbocycles. The fraction of sp³-hybridized carbons (Fsp3) is 0.600. The van der Waals surface area contributed by atoms with Gasteiger partial charge in [-0.2, -0.15) is 0 Å². The summed E-state index contributed by atoms with van der Waals surface area (Å²) in [5.74, 6) is 0.435. The molecule has 21 heavy (non-hydrogen) atoms. The van der Waals surface area contributed by atoms with Crippen molar-refractivity contribution in [3.63, 3.8) is 0 Å². The first kappa shape index (κ1) is 17.9. The molecule has 0 aliphatic rings. The number of benzene rings is 1. The van der Waals surface area contributed by atoms with Gasteiger partial charge in [0.2, 0.25) is 10.0 Å². The van der Waals surface area contributed by atoms with Crippen molar-refractivity contribution in [2.24, 2.45) is 5.92 Å². The topological polar surface area (TPSA) is 78.4 Å². The van der Waals surface area contributed by atoms with Crippen molar-refractivity contribution < 1.29 is 13.5 Å². The molecule has 1 atom stereocenters. The minimum absolute atomic E-state index is 0.201. The lowest BCUT2D eigenvalue weighted by molar-refractivity contribution is 0.255. The molecule has 120 valence electrons. The van der Waals surface area contributed by atoms with Crippen LogP contribution in [0.25, 0.3) is 0 Å². The highest BCUT2D eigenvalue weighted by Crippen LogP contribution is 2.16. The molecule has 0 spiro atoms. The van der Waals surface area contributed by atoms with Gasteiger partial charge in [0, 0.05) is 25.4 Å². The second-order valence-corrected chi connectivity index (χ2v) is 6.84. The van der Waals surface area contributed by atoms with Crippen LogP contribution in [0.3, 0.4) is 0 Å². The zero-order chi connectivity index (χ0) is 15.7. The number of aliphatic hydroxyl groups is 1. The summed E-state index contributed by atoms with van der Waals surface area (Å²) in [7, 11) is -3.39. The summed E-state index contributed by atoms with van der Waals surface area (Å²) in [5.41, 5.74) is 0.893. The van der Waals surface area contributed by atoms with Gasteiger partial charge >= 0.3 is 0 Å². The Bertz CT molecular complexity index is 494. The summed E-state index contributed by atoms with van der Waals surface area (Å²) in [6.45, 7) is 5.25. The van der Waals surface area contributed by atoms with E-state index >= 15 is 0 Å². The zero-order valence-electron chi connectivity index (χ0n) is 12.8. The van der Waals surface area contributed by atoms with E-state index in [1.165, 1.54) is 0 Å². The molecular formula is C15H26N2O3S. The molecule has 1 aromatic rings. The van der Waals surface area contributed by atoms with Gasteiger partial charge in [0.1, 0.15) is 0 Å². The molecule has 0 amide bonds. The van der Waals surface area contributed by atoms with E-state index in [4.69, 9.17) is 5.11 Å². The van der Waals surface area contributed by atoms with E-state index in [2.05, 4.69) is 17.0 Å². The Morgan fingerprint density at radius 3 is 2.33 bits per heavy atom. The Morgan fingerprint density at radius 2 is 1.81 bits per heavy atom. The summed E-state index contributed by atoms with van der Waals surface area (Å²) >= 11 is 0. The lowest BCUT2D eigenvalue weighted by Crippen LogP contribution is -2.23. The van der Waals surface area contributed by atoms with Gasteiger partial charge in [0.05, 0.1) is 4.90 Å². The van der Waals surface area contributed by atoms with Crippen LogP contribution in [0.4, 0.5) is 5.69 Å². The second-order valence-electron chi connectivity index (χ2n) is 5.07. The molecule has 5 nitrogen and oxygen atoms in total. The highest BCUT2D eigenvalue weighted by atomic mass is 32.2. The maximum Gasteiger partial charge on any atom is 0.240 e. The molecule has 3 N–H and O–H groups in total. The van der Waals surface area contributed by atoms with E-state index in [1.54, 1.807) is 31.2 Å². The van der Waals surface area contributed by atoms with Crippen molar-refractivity contribution in [1.29, 1.82) is 0 Å². The highest BCUT2D eigenvalue weighted by molar-refractivity contribution is 7.89. The minimum atomic E-state index is -3.39. The lowest BCUT2D eigenvalue weighted by Gasteiger charge is -2.16. The first-order valence-corrected chi connectivity index (χ1v) is 8.96. The van der Waals surface area contributed by atoms with Crippen molar-refractivity contribution in [3.05, 3.63) is 24.3 Å². The molecule has 6 heteroatoms. The summed E-state index contributed by atoms with van der Waals surface area (Å²) in [4.78, 5) is 0.273. The van der Waals surface area contributed by atoms with Crippen LogP contribution in [-0.2, 0) is 10.0 Å². The van der Waals surface area contributed by atoms with Gasteiger partial charge in [-0.1, -0.05) is 20.3 Å². The summed E-state index contributed by atoms with van der Waals surface area (Å²) in [5, 5.41) is 12.3. The molecule has 1 rings (SSSR count). The van der Waals surface area contributed by atoms with Gasteiger partial charge in [-0.3, -0.25) is 0 Å². The van der Waals surface area contributed by atoms with Gasteiger partial charge in [-0.25, -0.2) is 13.1 Å². The SMILES string of the molecule is CCCC(CCO)CNc1ccc(S(=O)(=O)NCC)cc1. The Kier molecular flexibility index (Phi) is 7.71. The number of hydrogen-bond donors (Lipinski definition) is 3. The van der Waals surface area contributed by atoms with Gasteiger partial charge in [0.15, 0.2) is 0 Å². The smallest absolute Gasteiger partial charge is 0.240 e. The van der Waals surface area contributed by atoms with Crippen molar-refractivity contribution in [2.75, 3.05) is 25.0 Å². The van der Waals surface area contributed by atoms with Crippen molar-refractivity contribution in [2.45, 2.75) is 38.0 Å². The maximum atomic E-state index is 11.8. The fourth-order valence-corrected chi connectivity index (χ4v) is 3.27. The molecule has 1 unspecified atom stereocenters. The molecule has 0 heterocycles. The zero-order valence-corrected chi connectivity index (χ0v) is 13.6. The lowest BCUT2D eigenvalue weighted by atomic mass is 10.0. The van der Waals surface area contributed by atoms with Crippen LogP contribution in [-0.4, -0.2) is 33.2 Å². The van der Waals surface area contributed by atoms with Crippen LogP contribution in [0.5, 0.6) is 0 Å². The van der Waals surface area contributed by atoms with Crippen LogP contribution >= 0.6 is 0 Å². The molecule has 0 bridgehead atoms. The first-order chi connectivity index (χ1) is 10.0. The number of sulfonamides is 1. The van der Waals surface area contributed by atoms with Gasteiger partial charge in [0.25, 0.3) is 0 Å². The van der Waals surface area contributed by atoms with E-state index in [9.17, 15) is 8.42 Å². The Balaban J connectivity index is 2.62. The van der Waals surface area contributed by atoms with Crippen molar-refractivity contribution in [3.8, 4) is 0 Å². The number of rotatable bonds is 10. The third-order valence-electron chi connectivity index (χ3n) is 3.33. The predicted octanol–water partition coefficient (Wildman–Crippen LogP) is 2.20. The first-order valence-electron chi connectivity index (χ1n) is 7.48. The largest absolute Gasteiger partial charge is 0.396 e. The number of hydrogen-bond acceptors (Lipinski definition) is 4. The Morgan fingerprint density at radius 1 is 1.14 bits per heavy atom. The highest BCUT2D eigenvalue weighted by Gasteiger charge is 2.12. The summed E-state index contributed by atoms with van der Waals surface area (Å²) in [6, 6.07) is 6.74. The van der Waals surface area contributed by atoms with Crippen LogP contribution in [0.15, 0.2) is 29.2 Å². The standard InChI is InChI=1S/C15H26N2O3S/c1-3-5-13(10-11-18)12-16-14-6-8-15(9-7-14)21(19,20)17-4-2/h6-9,13,16-18H,3-5,10-12H2,1-2H3. The quantitative estimate of drug-likeness (QED) is 0.618. The Labute approximate surface area is 127 Å². The van der Waals surface area contributed by atoms with Crippen LogP contribution < -0.4 is 10.0 Å². The van der Waals surface area contributed by atoms with E-state index in [-0.39, 0.29) is 11.5 Å². The molecule has 0 aliphatic heterocycles. The van der Waals surface area contributed by atoms with E-state index in [0.717, 1.165) is 31.5 Å². The summed E-state index contributed by atoms with van der Waals surface area (Å²) < 4.78 is 26.1. The van der Waals surface area contributed by atoms with Gasteiger partial charge in [-0.15, -0.1) is 0 Å². The van der Waals surface area contributed by atoms with E-state index in [1.807, 2.05) is 0 Å². The summed E-state index contributed by atoms with van der Waals surface area (Å²) in [6.07, 6.45) is 2.94. The van der Waals surface area contributed by atoms with Gasteiger partial charge < -0.3 is 10.4 Å². The minimum Gasteiger partial charge on any atom is -0.396 e. The average molecular weight is 314 g/mol. The number of nitrogens with one attached hydrogen (secondary N) is 2. The van der Waals surface area contributed by atoms with Crippen molar-refractivity contribution >= 4 is 15.7 Å². The van der Waals surface area contributed by atoms with Gasteiger partial charge in [-0.05, 0) is 43.0 Å². The van der Waals surface area contributed by atoms with E-state index < -0.39 is 10.0 Å². The predicted molar refractivity (Wildman–Crippen MR) is 85.9 cm³/mol. The normalized spacial score (nSPS) is 13.1. The molecule has 0 saturated heterocycles. The molecule has 0 aliphatic carbocycles. The van der Waals surface area contributed by atoms with Crippen LogP contribution in [0.2, 0.25) is 0 Å². The maximum absolute atomic E-state index is 11.8.